The van der Waals surface area contributed by atoms with Gasteiger partial charge in [0, 0.05) is 0 Å². The van der Waals surface area contributed by atoms with Gasteiger partial charge in [-0.15, -0.1) is 0 Å². The van der Waals surface area contributed by atoms with Gasteiger partial charge >= 0.3 is 6.09 Å². The van der Waals surface area contributed by atoms with Crippen molar-refractivity contribution in [2.45, 2.75) is 64.9 Å². The van der Waals surface area contributed by atoms with Gasteiger partial charge in [-0.25, -0.2) is 4.79 Å². The Labute approximate surface area is 118 Å². The quantitative estimate of drug-likeness (QED) is 0.619. The number of methoxy groups -OCH3 is 1. The molecule has 1 amide bonds. The molecule has 0 aliphatic carbocycles. The van der Waals surface area contributed by atoms with Gasteiger partial charge in [0.25, 0.3) is 0 Å². The van der Waals surface area contributed by atoms with E-state index in [0.29, 0.717) is 0 Å². The third-order valence-corrected chi connectivity index (χ3v) is 8.24. The Balaban J connectivity index is 4.83. The Hall–Kier alpha value is -0.813. The zero-order valence-corrected chi connectivity index (χ0v) is 14.5. The maximum absolute atomic E-state index is 11.4. The number of nitrogens with one attached hydrogen (secondary N) is 1. The molecule has 2 atom stereocenters. The van der Waals surface area contributed by atoms with E-state index in [1.54, 1.807) is 0 Å². The molecule has 0 aliphatic rings. The molecule has 0 saturated heterocycles. The van der Waals surface area contributed by atoms with Crippen LogP contribution in [0.1, 0.15) is 34.6 Å². The van der Waals surface area contributed by atoms with E-state index in [0.717, 1.165) is 0 Å². The second-order valence-electron chi connectivity index (χ2n) is 6.27. The molecule has 0 bridgehead atoms. The van der Waals surface area contributed by atoms with Crippen molar-refractivity contribution in [2.75, 3.05) is 7.11 Å². The molecule has 0 heterocycles. The average molecular weight is 287 g/mol. The Kier molecular flexibility index (Phi) is 6.79. The van der Waals surface area contributed by atoms with Gasteiger partial charge in [0.15, 0.2) is 8.32 Å². The summed E-state index contributed by atoms with van der Waals surface area (Å²) in [5.41, 5.74) is 0. The van der Waals surface area contributed by atoms with Crippen LogP contribution in [0, 0.1) is 0 Å². The molecule has 4 nitrogen and oxygen atoms in total. The van der Waals surface area contributed by atoms with Gasteiger partial charge in [0.05, 0.1) is 19.3 Å². The van der Waals surface area contributed by atoms with Crippen LogP contribution in [-0.2, 0) is 9.16 Å². The second kappa shape index (κ2) is 7.10. The van der Waals surface area contributed by atoms with E-state index in [9.17, 15) is 4.79 Å². The standard InChI is InChI=1S/C14H29NO3Si/c1-9-10-12(15-13(16)17-6)11(2)18-19(7,8)14(3,4)5/h9-12H,1-8H3,(H,15,16)/b10-9+/t11?,12-/m0/s1. The number of ether oxygens (including phenoxy) is 1. The summed E-state index contributed by atoms with van der Waals surface area (Å²) < 4.78 is 10.9. The van der Waals surface area contributed by atoms with Gasteiger partial charge in [-0.1, -0.05) is 32.9 Å². The van der Waals surface area contributed by atoms with E-state index in [2.05, 4.69) is 43.9 Å². The van der Waals surface area contributed by atoms with Crippen LogP contribution in [0.25, 0.3) is 0 Å². The van der Waals surface area contributed by atoms with E-state index in [4.69, 9.17) is 4.43 Å². The van der Waals surface area contributed by atoms with E-state index in [1.165, 1.54) is 7.11 Å². The van der Waals surface area contributed by atoms with Crippen molar-refractivity contribution in [2.24, 2.45) is 0 Å². The Morgan fingerprint density at radius 1 is 1.32 bits per heavy atom. The molecule has 0 fully saturated rings. The molecule has 0 radical (unpaired) electrons. The first kappa shape index (κ1) is 18.2. The number of carbonyl (C=O) groups is 1. The van der Waals surface area contributed by atoms with Crippen molar-refractivity contribution in [3.05, 3.63) is 12.2 Å². The summed E-state index contributed by atoms with van der Waals surface area (Å²) in [6.07, 6.45) is 3.31. The van der Waals surface area contributed by atoms with Crippen LogP contribution < -0.4 is 5.32 Å². The van der Waals surface area contributed by atoms with Crippen molar-refractivity contribution in [1.82, 2.24) is 5.32 Å². The first-order chi connectivity index (χ1) is 8.55. The van der Waals surface area contributed by atoms with Gasteiger partial charge < -0.3 is 14.5 Å². The maximum Gasteiger partial charge on any atom is 0.407 e. The van der Waals surface area contributed by atoms with Crippen LogP contribution in [0.3, 0.4) is 0 Å². The van der Waals surface area contributed by atoms with E-state index < -0.39 is 14.4 Å². The van der Waals surface area contributed by atoms with Crippen molar-refractivity contribution >= 4 is 14.4 Å². The summed E-state index contributed by atoms with van der Waals surface area (Å²) in [5, 5.41) is 2.94. The molecule has 0 spiro atoms. The molecule has 0 rings (SSSR count). The number of hydrogen-bond donors (Lipinski definition) is 1. The summed E-state index contributed by atoms with van der Waals surface area (Å²) in [6.45, 7) is 14.9. The highest BCUT2D eigenvalue weighted by atomic mass is 28.4. The predicted octanol–water partition coefficient (Wildman–Crippen LogP) is 3.70. The third-order valence-electron chi connectivity index (χ3n) is 3.66. The molecule has 0 aromatic heterocycles. The summed E-state index contributed by atoms with van der Waals surface area (Å²) in [6, 6.07) is -0.174. The first-order valence-electron chi connectivity index (χ1n) is 6.70. The van der Waals surface area contributed by atoms with E-state index >= 15 is 0 Å². The zero-order chi connectivity index (χ0) is 15.3. The Bertz CT molecular complexity index is 321. The van der Waals surface area contributed by atoms with Crippen molar-refractivity contribution in [3.8, 4) is 0 Å². The smallest absolute Gasteiger partial charge is 0.407 e. The molecule has 112 valence electrons. The molecule has 19 heavy (non-hydrogen) atoms. The fourth-order valence-electron chi connectivity index (χ4n) is 1.44. The van der Waals surface area contributed by atoms with Crippen LogP contribution in [0.2, 0.25) is 18.1 Å². The molecular formula is C14H29NO3Si. The zero-order valence-electron chi connectivity index (χ0n) is 13.5. The topological polar surface area (TPSA) is 47.6 Å². The number of hydrogen-bond acceptors (Lipinski definition) is 3. The van der Waals surface area contributed by atoms with Gasteiger partial charge in [-0.05, 0) is 32.0 Å². The number of rotatable bonds is 5. The predicted molar refractivity (Wildman–Crippen MR) is 81.9 cm³/mol. The van der Waals surface area contributed by atoms with Crippen LogP contribution in [0.5, 0.6) is 0 Å². The van der Waals surface area contributed by atoms with Gasteiger partial charge in [0.2, 0.25) is 0 Å². The van der Waals surface area contributed by atoms with Crippen LogP contribution in [0.15, 0.2) is 12.2 Å². The number of carbonyl (C=O) groups excluding carboxylic acids is 1. The van der Waals surface area contributed by atoms with E-state index in [-0.39, 0.29) is 17.2 Å². The molecule has 0 aromatic rings. The number of amides is 1. The largest absolute Gasteiger partial charge is 0.453 e. The maximum atomic E-state index is 11.4. The van der Waals surface area contributed by atoms with Crippen molar-refractivity contribution < 1.29 is 14.0 Å². The molecule has 0 aliphatic heterocycles. The lowest BCUT2D eigenvalue weighted by molar-refractivity contribution is 0.142. The molecule has 1 N–H and O–H groups in total. The minimum Gasteiger partial charge on any atom is -0.453 e. The van der Waals surface area contributed by atoms with Crippen LogP contribution in [0.4, 0.5) is 4.79 Å². The Morgan fingerprint density at radius 2 is 1.84 bits per heavy atom. The van der Waals surface area contributed by atoms with Gasteiger partial charge in [0.1, 0.15) is 0 Å². The molecular weight excluding hydrogens is 258 g/mol. The monoisotopic (exact) mass is 287 g/mol. The minimum absolute atomic E-state index is 0.0869. The minimum atomic E-state index is -1.85. The second-order valence-corrected chi connectivity index (χ2v) is 11.0. The summed E-state index contributed by atoms with van der Waals surface area (Å²) in [4.78, 5) is 11.4. The first-order valence-corrected chi connectivity index (χ1v) is 9.61. The number of alkyl carbamates (subject to hydrolysis) is 1. The van der Waals surface area contributed by atoms with Crippen molar-refractivity contribution in [3.63, 3.8) is 0 Å². The normalized spacial score (nSPS) is 16.2. The van der Waals surface area contributed by atoms with Gasteiger partial charge in [-0.3, -0.25) is 0 Å². The lowest BCUT2D eigenvalue weighted by atomic mass is 10.2. The Morgan fingerprint density at radius 3 is 2.21 bits per heavy atom. The summed E-state index contributed by atoms with van der Waals surface area (Å²) in [5.74, 6) is 0. The van der Waals surface area contributed by atoms with Gasteiger partial charge in [-0.2, -0.15) is 0 Å². The molecule has 1 unspecified atom stereocenters. The lowest BCUT2D eigenvalue weighted by Gasteiger charge is -2.40. The van der Waals surface area contributed by atoms with Crippen LogP contribution in [-0.4, -0.2) is 33.7 Å². The van der Waals surface area contributed by atoms with Crippen LogP contribution >= 0.6 is 0 Å². The molecule has 5 heteroatoms. The molecule has 0 saturated carbocycles. The SMILES string of the molecule is C/C=C/[C@H](NC(=O)OC)C(C)O[Si](C)(C)C(C)(C)C. The number of allylic oxidation sites excluding steroid dienone is 1. The third kappa shape index (κ3) is 5.78. The van der Waals surface area contributed by atoms with Crippen molar-refractivity contribution in [1.29, 1.82) is 0 Å². The van der Waals surface area contributed by atoms with E-state index in [1.807, 2.05) is 26.0 Å². The summed E-state index contributed by atoms with van der Waals surface area (Å²) >= 11 is 0. The highest BCUT2D eigenvalue weighted by Crippen LogP contribution is 2.37. The highest BCUT2D eigenvalue weighted by Gasteiger charge is 2.39. The molecule has 0 aromatic carbocycles. The fraction of sp³-hybridized carbons (Fsp3) is 0.786. The average Bonchev–Trinajstić information content (AvgIpc) is 2.26. The summed E-state index contributed by atoms with van der Waals surface area (Å²) in [7, 11) is -0.484. The lowest BCUT2D eigenvalue weighted by Crippen LogP contribution is -2.50. The highest BCUT2D eigenvalue weighted by molar-refractivity contribution is 6.74. The fourth-order valence-corrected chi connectivity index (χ4v) is 2.87.